The Morgan fingerprint density at radius 3 is 1.96 bits per heavy atom. The molecule has 0 spiro atoms. The normalized spacial score (nSPS) is 15.6. The number of hydrogen-bond acceptors (Lipinski definition) is 7. The van der Waals surface area contributed by atoms with E-state index in [1.54, 1.807) is 9.79 Å². The number of hydrogen-bond donors (Lipinski definition) is 1. The Bertz CT molecular complexity index is 904. The fourth-order valence-electron chi connectivity index (χ4n) is 2.38. The molecule has 1 heterocycles. The van der Waals surface area contributed by atoms with Crippen molar-refractivity contribution < 1.29 is 31.3 Å². The summed E-state index contributed by atoms with van der Waals surface area (Å²) in [6, 6.07) is 4.98. The van der Waals surface area contributed by atoms with E-state index in [2.05, 4.69) is 4.84 Å². The number of sulfone groups is 1. The Morgan fingerprint density at radius 1 is 0.962 bits per heavy atom. The minimum atomic E-state index is -4.40. The maximum absolute atomic E-state index is 12.3. The van der Waals surface area contributed by atoms with Crippen LogP contribution >= 0.6 is 0 Å². The fraction of sp³-hybridized carbons (Fsp3) is 0.429. The molecule has 1 aliphatic rings. The Kier molecular flexibility index (Phi) is 5.88. The van der Waals surface area contributed by atoms with Gasteiger partial charge in [0.05, 0.1) is 4.90 Å². The second-order valence-electron chi connectivity index (χ2n) is 5.67. The predicted molar refractivity (Wildman–Crippen MR) is 90.2 cm³/mol. The fourth-order valence-corrected chi connectivity index (χ4v) is 4.79. The van der Waals surface area contributed by atoms with Gasteiger partial charge in [-0.2, -0.15) is 0 Å². The van der Waals surface area contributed by atoms with E-state index in [9.17, 15) is 26.4 Å². The van der Waals surface area contributed by atoms with Crippen LogP contribution in [0.4, 0.5) is 4.79 Å². The van der Waals surface area contributed by atoms with Crippen LogP contribution < -0.4 is 4.89 Å². The lowest BCUT2D eigenvalue weighted by atomic mass is 10.3. The first-order chi connectivity index (χ1) is 12.0. The maximum atomic E-state index is 12.3. The molecule has 1 aromatic rings. The predicted octanol–water partition coefficient (Wildman–Crippen LogP) is -0.416. The number of piperazine rings is 1. The number of nitrogens with one attached hydrogen (secondary N) is 1. The maximum Gasteiger partial charge on any atom is 0.429 e. The average molecular weight is 405 g/mol. The van der Waals surface area contributed by atoms with Crippen LogP contribution in [-0.2, 0) is 29.5 Å². The van der Waals surface area contributed by atoms with Gasteiger partial charge in [0.25, 0.3) is 10.0 Å². The summed E-state index contributed by atoms with van der Waals surface area (Å²) in [5.74, 6) is -0.115. The summed E-state index contributed by atoms with van der Waals surface area (Å²) in [7, 11) is -8.19. The van der Waals surface area contributed by atoms with Crippen LogP contribution in [0.15, 0.2) is 34.1 Å². The third-order valence-electron chi connectivity index (χ3n) is 3.76. The summed E-state index contributed by atoms with van der Waals surface area (Å²) in [5.41, 5.74) is 0. The largest absolute Gasteiger partial charge is 0.429 e. The molecule has 0 radical (unpaired) electrons. The van der Waals surface area contributed by atoms with Crippen molar-refractivity contribution in [1.29, 1.82) is 0 Å². The van der Waals surface area contributed by atoms with Crippen molar-refractivity contribution in [2.75, 3.05) is 32.4 Å². The molecule has 0 unspecified atom stereocenters. The van der Waals surface area contributed by atoms with Crippen molar-refractivity contribution in [2.45, 2.75) is 16.7 Å². The molecule has 26 heavy (non-hydrogen) atoms. The van der Waals surface area contributed by atoms with Crippen molar-refractivity contribution in [3.05, 3.63) is 24.3 Å². The van der Waals surface area contributed by atoms with Gasteiger partial charge >= 0.3 is 6.09 Å². The quantitative estimate of drug-likeness (QED) is 0.674. The van der Waals surface area contributed by atoms with Gasteiger partial charge in [-0.25, -0.2) is 21.6 Å². The minimum absolute atomic E-state index is 0.115. The number of nitrogens with zero attached hydrogens (tertiary/aromatic N) is 2. The summed E-state index contributed by atoms with van der Waals surface area (Å²) >= 11 is 0. The first-order valence-corrected chi connectivity index (χ1v) is 10.9. The van der Waals surface area contributed by atoms with Crippen LogP contribution in [-0.4, -0.2) is 71.1 Å². The van der Waals surface area contributed by atoms with Gasteiger partial charge in [-0.1, -0.05) is 12.1 Å². The first-order valence-electron chi connectivity index (χ1n) is 7.54. The summed E-state index contributed by atoms with van der Waals surface area (Å²) < 4.78 is 48.1. The van der Waals surface area contributed by atoms with E-state index in [1.165, 1.54) is 24.0 Å². The van der Waals surface area contributed by atoms with Gasteiger partial charge in [-0.05, 0) is 17.0 Å². The summed E-state index contributed by atoms with van der Waals surface area (Å²) in [4.78, 5) is 31.4. The van der Waals surface area contributed by atoms with Gasteiger partial charge in [0.15, 0.2) is 9.84 Å². The van der Waals surface area contributed by atoms with E-state index < -0.39 is 35.7 Å². The number of carbonyl (C=O) groups excluding carboxylic acids is 2. The molecule has 2 rings (SSSR count). The van der Waals surface area contributed by atoms with Crippen molar-refractivity contribution >= 4 is 31.9 Å². The highest BCUT2D eigenvalue weighted by Crippen LogP contribution is 2.20. The first kappa shape index (κ1) is 20.1. The average Bonchev–Trinajstić information content (AvgIpc) is 2.59. The molecule has 1 N–H and O–H groups in total. The van der Waals surface area contributed by atoms with E-state index in [1.807, 2.05) is 0 Å². The zero-order valence-electron chi connectivity index (χ0n) is 14.2. The van der Waals surface area contributed by atoms with Crippen LogP contribution in [0.25, 0.3) is 0 Å². The Labute approximate surface area is 151 Å². The van der Waals surface area contributed by atoms with Gasteiger partial charge < -0.3 is 14.6 Å². The Morgan fingerprint density at radius 2 is 1.46 bits per heavy atom. The van der Waals surface area contributed by atoms with Gasteiger partial charge in [-0.15, -0.1) is 0 Å². The number of benzene rings is 1. The van der Waals surface area contributed by atoms with Gasteiger partial charge in [0.2, 0.25) is 5.91 Å². The van der Waals surface area contributed by atoms with Crippen molar-refractivity contribution in [3.8, 4) is 0 Å². The molecular formula is C14H19N3O7S2. The molecule has 2 amide bonds. The minimum Gasteiger partial charge on any atom is -0.339 e. The molecule has 10 nitrogen and oxygen atoms in total. The highest BCUT2D eigenvalue weighted by molar-refractivity contribution is 7.93. The lowest BCUT2D eigenvalue weighted by Gasteiger charge is -2.33. The number of rotatable bonds is 4. The van der Waals surface area contributed by atoms with Crippen molar-refractivity contribution in [3.63, 3.8) is 0 Å². The summed E-state index contributed by atoms with van der Waals surface area (Å²) in [6.45, 7) is 2.43. The van der Waals surface area contributed by atoms with E-state index in [0.29, 0.717) is 13.1 Å². The number of carbonyl (C=O) groups is 2. The van der Waals surface area contributed by atoms with Crippen LogP contribution in [0, 0.1) is 0 Å². The molecule has 0 bridgehead atoms. The second kappa shape index (κ2) is 7.60. The Balaban J connectivity index is 2.06. The molecule has 0 saturated carbocycles. The molecule has 1 saturated heterocycles. The van der Waals surface area contributed by atoms with Crippen LogP contribution in [0.3, 0.4) is 0 Å². The van der Waals surface area contributed by atoms with Gasteiger partial charge in [-0.3, -0.25) is 4.79 Å². The van der Waals surface area contributed by atoms with Crippen molar-refractivity contribution in [2.24, 2.45) is 0 Å². The molecule has 12 heteroatoms. The van der Waals surface area contributed by atoms with Crippen LogP contribution in [0.5, 0.6) is 0 Å². The number of amides is 2. The zero-order valence-corrected chi connectivity index (χ0v) is 15.8. The SMILES string of the molecule is CC(=O)N1CCN(C(=O)ONS(=O)(=O)c2ccccc2S(C)(=O)=O)CC1. The molecule has 144 valence electrons. The van der Waals surface area contributed by atoms with E-state index in [-0.39, 0.29) is 19.0 Å². The third kappa shape index (κ3) is 4.71. The monoisotopic (exact) mass is 405 g/mol. The highest BCUT2D eigenvalue weighted by atomic mass is 32.2. The van der Waals surface area contributed by atoms with E-state index in [4.69, 9.17) is 0 Å². The lowest BCUT2D eigenvalue weighted by molar-refractivity contribution is -0.130. The van der Waals surface area contributed by atoms with E-state index in [0.717, 1.165) is 18.4 Å². The molecule has 0 atom stereocenters. The third-order valence-corrected chi connectivity index (χ3v) is 6.28. The van der Waals surface area contributed by atoms with E-state index >= 15 is 0 Å². The molecule has 1 aromatic carbocycles. The van der Waals surface area contributed by atoms with Gasteiger partial charge in [0.1, 0.15) is 4.90 Å². The second-order valence-corrected chi connectivity index (χ2v) is 9.26. The molecule has 1 aliphatic heterocycles. The Hall–Kier alpha value is -2.18. The highest BCUT2D eigenvalue weighted by Gasteiger charge is 2.27. The topological polar surface area (TPSA) is 130 Å². The van der Waals surface area contributed by atoms with Crippen LogP contribution in [0.2, 0.25) is 0 Å². The number of sulfonamides is 1. The zero-order chi connectivity index (χ0) is 19.5. The molecule has 0 aliphatic carbocycles. The van der Waals surface area contributed by atoms with Gasteiger partial charge in [0, 0.05) is 39.4 Å². The van der Waals surface area contributed by atoms with Crippen molar-refractivity contribution in [1.82, 2.24) is 14.7 Å². The summed E-state index contributed by atoms with van der Waals surface area (Å²) in [5, 5.41) is 0. The summed E-state index contributed by atoms with van der Waals surface area (Å²) in [6.07, 6.45) is -0.0596. The molecule has 1 fully saturated rings. The lowest BCUT2D eigenvalue weighted by Crippen LogP contribution is -2.51. The van der Waals surface area contributed by atoms with Crippen LogP contribution in [0.1, 0.15) is 6.92 Å². The molecule has 0 aromatic heterocycles. The smallest absolute Gasteiger partial charge is 0.339 e. The molecular weight excluding hydrogens is 386 g/mol. The standard InChI is InChI=1S/C14H19N3O7S2/c1-11(18)16-7-9-17(10-8-16)14(19)24-15-26(22,23)13-6-4-3-5-12(13)25(2,20)21/h3-6,15H,7-10H2,1-2H3.